The minimum atomic E-state index is -1.01. The molecule has 0 aromatic rings. The van der Waals surface area contributed by atoms with Crippen LogP contribution in [0.3, 0.4) is 0 Å². The van der Waals surface area contributed by atoms with E-state index in [1.54, 1.807) is 0 Å². The van der Waals surface area contributed by atoms with Crippen LogP contribution in [0.25, 0.3) is 0 Å². The lowest BCUT2D eigenvalue weighted by Gasteiger charge is -2.17. The van der Waals surface area contributed by atoms with E-state index in [0.717, 1.165) is 12.8 Å². The van der Waals surface area contributed by atoms with Gasteiger partial charge in [0.05, 0.1) is 0 Å². The first-order valence-electron chi connectivity index (χ1n) is 6.33. The molecule has 6 heteroatoms. The van der Waals surface area contributed by atoms with E-state index in [1.807, 2.05) is 0 Å². The Labute approximate surface area is 105 Å². The molecule has 1 heterocycles. The van der Waals surface area contributed by atoms with Gasteiger partial charge in [-0.2, -0.15) is 0 Å². The van der Waals surface area contributed by atoms with Gasteiger partial charge in [0.2, 0.25) is 5.91 Å². The van der Waals surface area contributed by atoms with Crippen molar-refractivity contribution < 1.29 is 24.5 Å². The molecule has 0 unspecified atom stereocenters. The van der Waals surface area contributed by atoms with E-state index < -0.39 is 18.2 Å². The summed E-state index contributed by atoms with van der Waals surface area (Å²) in [4.78, 5) is 22.5. The lowest BCUT2D eigenvalue weighted by molar-refractivity contribution is -0.151. The molecular weight excluding hydrogens is 238 g/mol. The summed E-state index contributed by atoms with van der Waals surface area (Å²) in [5, 5.41) is 20.5. The van der Waals surface area contributed by atoms with Gasteiger partial charge in [0.25, 0.3) is 0 Å². The van der Waals surface area contributed by atoms with Gasteiger partial charge in [-0.25, -0.2) is 4.79 Å². The maximum atomic E-state index is 11.8. The van der Waals surface area contributed by atoms with Crippen molar-refractivity contribution in [1.29, 1.82) is 0 Å². The molecule has 6 nitrogen and oxygen atoms in total. The average molecular weight is 257 g/mol. The minimum absolute atomic E-state index is 0.0647. The number of aliphatic carboxylic acids is 1. The van der Waals surface area contributed by atoms with Gasteiger partial charge >= 0.3 is 5.97 Å². The molecule has 3 N–H and O–H groups in total. The maximum Gasteiger partial charge on any atom is 0.332 e. The Bertz CT molecular complexity index is 339. The van der Waals surface area contributed by atoms with Gasteiger partial charge in [-0.05, 0) is 37.5 Å². The summed E-state index contributed by atoms with van der Waals surface area (Å²) in [6, 6.07) is 0. The van der Waals surface area contributed by atoms with Crippen LogP contribution in [0.5, 0.6) is 0 Å². The number of carbonyl (C=O) groups is 2. The van der Waals surface area contributed by atoms with Crippen molar-refractivity contribution in [2.75, 3.05) is 13.2 Å². The number of amides is 1. The van der Waals surface area contributed by atoms with Crippen molar-refractivity contribution in [2.24, 2.45) is 5.41 Å². The molecule has 1 saturated heterocycles. The Morgan fingerprint density at radius 1 is 1.28 bits per heavy atom. The van der Waals surface area contributed by atoms with E-state index in [9.17, 15) is 9.59 Å². The highest BCUT2D eigenvalue weighted by Crippen LogP contribution is 2.47. The van der Waals surface area contributed by atoms with E-state index in [1.165, 1.54) is 0 Å². The van der Waals surface area contributed by atoms with Gasteiger partial charge < -0.3 is 20.3 Å². The fraction of sp³-hybridized carbons (Fsp3) is 0.833. The second kappa shape index (κ2) is 5.24. The lowest BCUT2D eigenvalue weighted by Crippen LogP contribution is -2.38. The molecule has 0 aromatic heterocycles. The molecule has 2 rings (SSSR count). The number of aliphatic hydroxyl groups excluding tert-OH is 1. The predicted molar refractivity (Wildman–Crippen MR) is 61.9 cm³/mol. The molecule has 18 heavy (non-hydrogen) atoms. The third-order valence-corrected chi connectivity index (χ3v) is 3.82. The summed E-state index contributed by atoms with van der Waals surface area (Å²) in [5.41, 5.74) is 0.0647. The monoisotopic (exact) mass is 257 g/mol. The van der Waals surface area contributed by atoms with Crippen molar-refractivity contribution in [3.8, 4) is 0 Å². The van der Waals surface area contributed by atoms with Gasteiger partial charge in [-0.15, -0.1) is 0 Å². The standard InChI is InChI=1S/C12H19NO5/c14-6-5-12(3-4-12)7-13-10(15)8-1-2-9(18-8)11(16)17/h8-9,14H,1-7H2,(H,13,15)(H,16,17)/t8-,9+/m0/s1. The number of hydrogen-bond acceptors (Lipinski definition) is 4. The Balaban J connectivity index is 1.74. The van der Waals surface area contributed by atoms with Crippen molar-refractivity contribution in [2.45, 2.75) is 44.3 Å². The highest BCUT2D eigenvalue weighted by Gasteiger charge is 2.43. The summed E-state index contributed by atoms with van der Waals surface area (Å²) in [6.45, 7) is 0.681. The van der Waals surface area contributed by atoms with Crippen LogP contribution in [-0.4, -0.2) is 47.4 Å². The normalized spacial score (nSPS) is 28.9. The number of carbonyl (C=O) groups excluding carboxylic acids is 1. The summed E-state index contributed by atoms with van der Waals surface area (Å²) < 4.78 is 5.17. The molecule has 1 amide bonds. The summed E-state index contributed by atoms with van der Waals surface area (Å²) in [5.74, 6) is -1.24. The quantitative estimate of drug-likeness (QED) is 0.617. The Morgan fingerprint density at radius 2 is 1.94 bits per heavy atom. The van der Waals surface area contributed by atoms with Crippen LogP contribution in [0, 0.1) is 5.41 Å². The molecule has 1 aliphatic carbocycles. The molecule has 0 spiro atoms. The van der Waals surface area contributed by atoms with Gasteiger partial charge in [-0.1, -0.05) is 0 Å². The third kappa shape index (κ3) is 3.00. The van der Waals surface area contributed by atoms with Crippen molar-refractivity contribution >= 4 is 11.9 Å². The van der Waals surface area contributed by atoms with Crippen LogP contribution in [0.4, 0.5) is 0 Å². The Morgan fingerprint density at radius 3 is 2.44 bits per heavy atom. The molecule has 0 aromatic carbocycles. The second-order valence-corrected chi connectivity index (χ2v) is 5.22. The fourth-order valence-corrected chi connectivity index (χ4v) is 2.33. The third-order valence-electron chi connectivity index (χ3n) is 3.82. The molecule has 2 fully saturated rings. The summed E-state index contributed by atoms with van der Waals surface area (Å²) in [6.07, 6.45) is 2.10. The molecule has 2 atom stereocenters. The van der Waals surface area contributed by atoms with E-state index in [-0.39, 0.29) is 17.9 Å². The predicted octanol–water partition coefficient (Wildman–Crippen LogP) is -0.103. The Hall–Kier alpha value is -1.14. The van der Waals surface area contributed by atoms with Crippen LogP contribution in [-0.2, 0) is 14.3 Å². The minimum Gasteiger partial charge on any atom is -0.479 e. The number of carboxylic acids is 1. The number of nitrogens with one attached hydrogen (secondary N) is 1. The topological polar surface area (TPSA) is 95.9 Å². The van der Waals surface area contributed by atoms with Crippen molar-refractivity contribution in [3.05, 3.63) is 0 Å². The van der Waals surface area contributed by atoms with Crippen LogP contribution < -0.4 is 5.32 Å². The fourth-order valence-electron chi connectivity index (χ4n) is 2.33. The van der Waals surface area contributed by atoms with Gasteiger partial charge in [-0.3, -0.25) is 4.79 Å². The summed E-state index contributed by atoms with van der Waals surface area (Å²) >= 11 is 0. The number of aliphatic hydroxyl groups is 1. The zero-order chi connectivity index (χ0) is 13.2. The number of ether oxygens (including phenoxy) is 1. The van der Waals surface area contributed by atoms with E-state index in [0.29, 0.717) is 25.8 Å². The lowest BCUT2D eigenvalue weighted by atomic mass is 10.0. The van der Waals surface area contributed by atoms with Crippen molar-refractivity contribution in [3.63, 3.8) is 0 Å². The molecule has 1 saturated carbocycles. The molecule has 102 valence electrons. The molecule has 0 radical (unpaired) electrons. The second-order valence-electron chi connectivity index (χ2n) is 5.22. The first-order valence-corrected chi connectivity index (χ1v) is 6.33. The highest BCUT2D eigenvalue weighted by atomic mass is 16.5. The van der Waals surface area contributed by atoms with E-state index >= 15 is 0 Å². The maximum absolute atomic E-state index is 11.8. The van der Waals surface area contributed by atoms with Gasteiger partial charge in [0.1, 0.15) is 6.10 Å². The average Bonchev–Trinajstić information content (AvgIpc) is 2.92. The highest BCUT2D eigenvalue weighted by molar-refractivity contribution is 5.82. The van der Waals surface area contributed by atoms with Crippen molar-refractivity contribution in [1.82, 2.24) is 5.32 Å². The van der Waals surface area contributed by atoms with Crippen LogP contribution in [0.2, 0.25) is 0 Å². The van der Waals surface area contributed by atoms with Gasteiger partial charge in [0, 0.05) is 13.2 Å². The van der Waals surface area contributed by atoms with Crippen LogP contribution in [0.15, 0.2) is 0 Å². The molecular formula is C12H19NO5. The van der Waals surface area contributed by atoms with Crippen LogP contribution in [0.1, 0.15) is 32.1 Å². The van der Waals surface area contributed by atoms with E-state index in [2.05, 4.69) is 5.32 Å². The zero-order valence-corrected chi connectivity index (χ0v) is 10.2. The first-order chi connectivity index (χ1) is 8.56. The smallest absolute Gasteiger partial charge is 0.332 e. The molecule has 1 aliphatic heterocycles. The van der Waals surface area contributed by atoms with E-state index in [4.69, 9.17) is 14.9 Å². The molecule has 0 bridgehead atoms. The number of rotatable bonds is 6. The largest absolute Gasteiger partial charge is 0.479 e. The van der Waals surface area contributed by atoms with Crippen LogP contribution >= 0.6 is 0 Å². The Kier molecular flexibility index (Phi) is 3.87. The number of hydrogen-bond donors (Lipinski definition) is 3. The zero-order valence-electron chi connectivity index (χ0n) is 10.2. The SMILES string of the molecule is O=C(NCC1(CCO)CC1)[C@@H]1CC[C@H](C(=O)O)O1. The molecule has 2 aliphatic rings. The number of carboxylic acid groups (broad SMARTS) is 1. The van der Waals surface area contributed by atoms with Gasteiger partial charge in [0.15, 0.2) is 6.10 Å². The summed E-state index contributed by atoms with van der Waals surface area (Å²) in [7, 11) is 0. The first kappa shape index (κ1) is 13.3.